The van der Waals surface area contributed by atoms with Crippen LogP contribution in [0.5, 0.6) is 0 Å². The molecule has 4 heteroatoms. The van der Waals surface area contributed by atoms with Crippen LogP contribution in [0.2, 0.25) is 0 Å². The molecular formula is C38H74O4. The van der Waals surface area contributed by atoms with Crippen molar-refractivity contribution < 1.29 is 19.4 Å². The summed E-state index contributed by atoms with van der Waals surface area (Å²) >= 11 is 0. The Hall–Kier alpha value is -1.06. The maximum atomic E-state index is 12.6. The zero-order valence-corrected chi connectivity index (χ0v) is 28.6. The van der Waals surface area contributed by atoms with E-state index in [2.05, 4.69) is 13.8 Å². The Bertz CT molecular complexity index is 561. The largest absolute Gasteiger partial charge is 0.481 e. The molecule has 0 fully saturated rings. The van der Waals surface area contributed by atoms with E-state index in [0.717, 1.165) is 51.4 Å². The molecule has 42 heavy (non-hydrogen) atoms. The molecule has 0 aliphatic carbocycles. The van der Waals surface area contributed by atoms with Gasteiger partial charge in [-0.2, -0.15) is 0 Å². The van der Waals surface area contributed by atoms with E-state index < -0.39 is 5.97 Å². The SMILES string of the molecule is CCCCCCCCCCCCCC(=O)OC(CCCCCCCCCCCCC)CCCCCCCCCC(=O)O. The third-order valence-electron chi connectivity index (χ3n) is 8.83. The van der Waals surface area contributed by atoms with Gasteiger partial charge in [0.1, 0.15) is 6.10 Å². The molecule has 250 valence electrons. The second kappa shape index (κ2) is 34.4. The quantitative estimate of drug-likeness (QED) is 0.0585. The smallest absolute Gasteiger partial charge is 0.306 e. The second-order valence-corrected chi connectivity index (χ2v) is 13.1. The van der Waals surface area contributed by atoms with Gasteiger partial charge in [0, 0.05) is 12.8 Å². The van der Waals surface area contributed by atoms with E-state index in [0.29, 0.717) is 12.8 Å². The van der Waals surface area contributed by atoms with Gasteiger partial charge in [-0.3, -0.25) is 9.59 Å². The third-order valence-corrected chi connectivity index (χ3v) is 8.83. The molecule has 1 atom stereocenters. The fourth-order valence-corrected chi connectivity index (χ4v) is 6.01. The van der Waals surface area contributed by atoms with Gasteiger partial charge in [0.15, 0.2) is 0 Å². The molecule has 0 aromatic rings. The molecule has 0 aromatic carbocycles. The van der Waals surface area contributed by atoms with Gasteiger partial charge in [0.25, 0.3) is 0 Å². The van der Waals surface area contributed by atoms with Crippen molar-refractivity contribution in [1.29, 1.82) is 0 Å². The summed E-state index contributed by atoms with van der Waals surface area (Å²) in [5.41, 5.74) is 0. The molecule has 0 saturated heterocycles. The number of aliphatic carboxylic acids is 1. The Balaban J connectivity index is 4.06. The first-order chi connectivity index (χ1) is 20.6. The van der Waals surface area contributed by atoms with Crippen LogP contribution >= 0.6 is 0 Å². The summed E-state index contributed by atoms with van der Waals surface area (Å²) in [6, 6.07) is 0. The number of carboxylic acid groups (broad SMARTS) is 1. The van der Waals surface area contributed by atoms with Crippen LogP contribution < -0.4 is 0 Å². The normalized spacial score (nSPS) is 12.0. The van der Waals surface area contributed by atoms with Gasteiger partial charge in [-0.25, -0.2) is 0 Å². The van der Waals surface area contributed by atoms with Crippen LogP contribution in [0.15, 0.2) is 0 Å². The summed E-state index contributed by atoms with van der Waals surface area (Å²) in [6.07, 6.45) is 39.7. The number of carbonyl (C=O) groups excluding carboxylic acids is 1. The van der Waals surface area contributed by atoms with Crippen LogP contribution in [0.3, 0.4) is 0 Å². The zero-order chi connectivity index (χ0) is 30.8. The minimum Gasteiger partial charge on any atom is -0.481 e. The first-order valence-electron chi connectivity index (χ1n) is 19.0. The summed E-state index contributed by atoms with van der Waals surface area (Å²) in [5.74, 6) is -0.658. The first kappa shape index (κ1) is 40.9. The number of rotatable bonds is 35. The lowest BCUT2D eigenvalue weighted by Crippen LogP contribution is -2.18. The molecule has 0 aliphatic heterocycles. The standard InChI is InChI=1S/C38H74O4/c1-3-5-7-9-11-13-15-17-20-24-28-32-36(33-29-25-21-19-22-26-30-34-37(39)40)42-38(41)35-31-27-23-18-16-14-12-10-8-6-4-2/h36H,3-35H2,1-2H3,(H,39,40). The van der Waals surface area contributed by atoms with Crippen molar-refractivity contribution in [3.8, 4) is 0 Å². The van der Waals surface area contributed by atoms with Gasteiger partial charge in [-0.15, -0.1) is 0 Å². The third kappa shape index (κ3) is 33.4. The molecule has 0 saturated carbocycles. The Labute approximate surface area is 262 Å². The highest BCUT2D eigenvalue weighted by Crippen LogP contribution is 2.19. The average Bonchev–Trinajstić information content (AvgIpc) is 2.97. The number of carboxylic acids is 1. The van der Waals surface area contributed by atoms with Crippen LogP contribution in [0.4, 0.5) is 0 Å². The lowest BCUT2D eigenvalue weighted by atomic mass is 10.0. The Morgan fingerprint density at radius 2 is 0.714 bits per heavy atom. The lowest BCUT2D eigenvalue weighted by molar-refractivity contribution is -0.150. The summed E-state index contributed by atoms with van der Waals surface area (Å²) in [5, 5.41) is 8.75. The van der Waals surface area contributed by atoms with E-state index in [1.807, 2.05) is 0 Å². The molecule has 1 unspecified atom stereocenters. The maximum absolute atomic E-state index is 12.6. The first-order valence-corrected chi connectivity index (χ1v) is 19.0. The molecule has 0 aromatic heterocycles. The molecular weight excluding hydrogens is 520 g/mol. The monoisotopic (exact) mass is 595 g/mol. The van der Waals surface area contributed by atoms with E-state index in [4.69, 9.17) is 9.84 Å². The van der Waals surface area contributed by atoms with Gasteiger partial charge < -0.3 is 9.84 Å². The second-order valence-electron chi connectivity index (χ2n) is 13.1. The number of carbonyl (C=O) groups is 2. The number of hydrogen-bond acceptors (Lipinski definition) is 3. The molecule has 4 nitrogen and oxygen atoms in total. The van der Waals surface area contributed by atoms with Crippen molar-refractivity contribution in [1.82, 2.24) is 0 Å². The fraction of sp³-hybridized carbons (Fsp3) is 0.947. The Morgan fingerprint density at radius 1 is 0.429 bits per heavy atom. The zero-order valence-electron chi connectivity index (χ0n) is 28.6. The highest BCUT2D eigenvalue weighted by Gasteiger charge is 2.14. The molecule has 0 spiro atoms. The molecule has 0 rings (SSSR count). The van der Waals surface area contributed by atoms with Gasteiger partial charge >= 0.3 is 11.9 Å². The molecule has 0 radical (unpaired) electrons. The van der Waals surface area contributed by atoms with E-state index in [1.54, 1.807) is 0 Å². The van der Waals surface area contributed by atoms with Gasteiger partial charge in [0.05, 0.1) is 0 Å². The summed E-state index contributed by atoms with van der Waals surface area (Å²) < 4.78 is 6.02. The summed E-state index contributed by atoms with van der Waals surface area (Å²) in [4.78, 5) is 23.3. The molecule has 0 bridgehead atoms. The van der Waals surface area contributed by atoms with Crippen LogP contribution in [0.25, 0.3) is 0 Å². The van der Waals surface area contributed by atoms with E-state index in [9.17, 15) is 9.59 Å². The van der Waals surface area contributed by atoms with E-state index in [-0.39, 0.29) is 12.1 Å². The van der Waals surface area contributed by atoms with Crippen LogP contribution in [0, 0.1) is 0 Å². The Kier molecular flexibility index (Phi) is 33.6. The van der Waals surface area contributed by atoms with E-state index in [1.165, 1.54) is 148 Å². The molecule has 0 amide bonds. The topological polar surface area (TPSA) is 63.6 Å². The minimum absolute atomic E-state index is 0.0254. The lowest BCUT2D eigenvalue weighted by Gasteiger charge is -2.18. The van der Waals surface area contributed by atoms with Crippen molar-refractivity contribution in [2.75, 3.05) is 0 Å². The van der Waals surface area contributed by atoms with Crippen LogP contribution in [-0.4, -0.2) is 23.1 Å². The van der Waals surface area contributed by atoms with Crippen molar-refractivity contribution >= 4 is 11.9 Å². The number of unbranched alkanes of at least 4 members (excludes halogenated alkanes) is 26. The minimum atomic E-state index is -0.683. The highest BCUT2D eigenvalue weighted by atomic mass is 16.5. The van der Waals surface area contributed by atoms with Crippen molar-refractivity contribution in [2.24, 2.45) is 0 Å². The molecule has 0 heterocycles. The van der Waals surface area contributed by atoms with Crippen molar-refractivity contribution in [2.45, 2.75) is 232 Å². The van der Waals surface area contributed by atoms with Crippen LogP contribution in [-0.2, 0) is 14.3 Å². The number of esters is 1. The van der Waals surface area contributed by atoms with E-state index >= 15 is 0 Å². The average molecular weight is 595 g/mol. The maximum Gasteiger partial charge on any atom is 0.306 e. The predicted octanol–water partition coefficient (Wildman–Crippen LogP) is 12.9. The number of ether oxygens (including phenoxy) is 1. The molecule has 1 N–H and O–H groups in total. The summed E-state index contributed by atoms with van der Waals surface area (Å²) in [6.45, 7) is 4.55. The van der Waals surface area contributed by atoms with Crippen molar-refractivity contribution in [3.63, 3.8) is 0 Å². The van der Waals surface area contributed by atoms with Gasteiger partial charge in [-0.1, -0.05) is 174 Å². The van der Waals surface area contributed by atoms with Gasteiger partial charge in [0.2, 0.25) is 0 Å². The van der Waals surface area contributed by atoms with Crippen LogP contribution in [0.1, 0.15) is 226 Å². The summed E-state index contributed by atoms with van der Waals surface area (Å²) in [7, 11) is 0. The fourth-order valence-electron chi connectivity index (χ4n) is 6.01. The number of hydrogen-bond donors (Lipinski definition) is 1. The van der Waals surface area contributed by atoms with Crippen molar-refractivity contribution in [3.05, 3.63) is 0 Å². The highest BCUT2D eigenvalue weighted by molar-refractivity contribution is 5.69. The predicted molar refractivity (Wildman–Crippen MR) is 181 cm³/mol. The Morgan fingerprint density at radius 3 is 1.05 bits per heavy atom. The molecule has 0 aliphatic rings. The van der Waals surface area contributed by atoms with Gasteiger partial charge in [-0.05, 0) is 38.5 Å².